The zero-order valence-corrected chi connectivity index (χ0v) is 17.4. The molecule has 0 saturated heterocycles. The van der Waals surface area contributed by atoms with Gasteiger partial charge in [-0.15, -0.1) is 24.0 Å². The Morgan fingerprint density at radius 2 is 1.83 bits per heavy atom. The van der Waals surface area contributed by atoms with Gasteiger partial charge < -0.3 is 15.4 Å². The molecule has 2 N–H and O–H groups in total. The summed E-state index contributed by atoms with van der Waals surface area (Å²) in [6.45, 7) is 9.85. The monoisotopic (exact) mass is 447 g/mol. The van der Waals surface area contributed by atoms with Crippen LogP contribution in [0.3, 0.4) is 0 Å². The number of rotatable bonds is 8. The molecule has 0 amide bonds. The van der Waals surface area contributed by atoms with Crippen molar-refractivity contribution in [2.24, 2.45) is 4.99 Å². The first kappa shape index (κ1) is 22.7. The van der Waals surface area contributed by atoms with E-state index in [-0.39, 0.29) is 36.0 Å². The molecule has 0 aliphatic rings. The van der Waals surface area contributed by atoms with Crippen molar-refractivity contribution in [3.05, 3.63) is 35.9 Å². The van der Waals surface area contributed by atoms with Crippen LogP contribution in [0.5, 0.6) is 0 Å². The molecule has 6 heteroatoms. The van der Waals surface area contributed by atoms with Crippen molar-refractivity contribution in [2.75, 3.05) is 19.6 Å². The van der Waals surface area contributed by atoms with Gasteiger partial charge in [-0.25, -0.2) is 0 Å². The van der Waals surface area contributed by atoms with Crippen LogP contribution < -0.4 is 10.6 Å². The number of aliphatic imine (C=N–C) groups is 1. The minimum absolute atomic E-state index is 0. The molecule has 0 spiro atoms. The largest absolute Gasteiger partial charge is 0.463 e. The van der Waals surface area contributed by atoms with Crippen LogP contribution in [0.15, 0.2) is 35.3 Å². The lowest BCUT2D eigenvalue weighted by molar-refractivity contribution is -0.147. The Balaban J connectivity index is 0.00000529. The van der Waals surface area contributed by atoms with Gasteiger partial charge in [0, 0.05) is 25.6 Å². The summed E-state index contributed by atoms with van der Waals surface area (Å²) < 4.78 is 5.11. The van der Waals surface area contributed by atoms with Crippen LogP contribution in [-0.2, 0) is 9.53 Å². The molecule has 24 heavy (non-hydrogen) atoms. The van der Waals surface area contributed by atoms with Crippen molar-refractivity contribution < 1.29 is 9.53 Å². The first-order valence-electron chi connectivity index (χ1n) is 8.29. The summed E-state index contributed by atoms with van der Waals surface area (Å²) in [6.07, 6.45) is 0.257. The van der Waals surface area contributed by atoms with Gasteiger partial charge in [-0.1, -0.05) is 37.3 Å². The van der Waals surface area contributed by atoms with E-state index >= 15 is 0 Å². The summed E-state index contributed by atoms with van der Waals surface area (Å²) >= 11 is 0. The first-order chi connectivity index (χ1) is 11.0. The molecule has 0 fully saturated rings. The molecule has 1 atom stereocenters. The van der Waals surface area contributed by atoms with Gasteiger partial charge >= 0.3 is 5.97 Å². The van der Waals surface area contributed by atoms with Crippen LogP contribution in [0.25, 0.3) is 0 Å². The van der Waals surface area contributed by atoms with E-state index in [1.807, 2.05) is 39.0 Å². The third-order valence-corrected chi connectivity index (χ3v) is 3.22. The lowest BCUT2D eigenvalue weighted by atomic mass is 10.0. The molecule has 136 valence electrons. The van der Waals surface area contributed by atoms with Crippen LogP contribution in [0, 0.1) is 0 Å². The summed E-state index contributed by atoms with van der Waals surface area (Å²) in [5.41, 5.74) is 1.27. The summed E-state index contributed by atoms with van der Waals surface area (Å²) in [5, 5.41) is 6.36. The Labute approximate surface area is 162 Å². The number of nitrogens with one attached hydrogen (secondary N) is 2. The Kier molecular flexibility index (Phi) is 12.3. The highest BCUT2D eigenvalue weighted by atomic mass is 127. The van der Waals surface area contributed by atoms with Gasteiger partial charge in [-0.05, 0) is 26.3 Å². The molecule has 1 aromatic carbocycles. The average molecular weight is 447 g/mol. The van der Waals surface area contributed by atoms with Crippen molar-refractivity contribution >= 4 is 35.9 Å². The van der Waals surface area contributed by atoms with E-state index in [0.29, 0.717) is 25.4 Å². The minimum atomic E-state index is -0.194. The zero-order chi connectivity index (χ0) is 17.1. The highest BCUT2D eigenvalue weighted by Gasteiger charge is 2.07. The van der Waals surface area contributed by atoms with E-state index < -0.39 is 0 Å². The predicted octanol–water partition coefficient (Wildman–Crippen LogP) is 3.30. The van der Waals surface area contributed by atoms with Crippen LogP contribution in [0.2, 0.25) is 0 Å². The summed E-state index contributed by atoms with van der Waals surface area (Å²) in [5.74, 6) is 0.881. The van der Waals surface area contributed by atoms with Gasteiger partial charge in [-0.2, -0.15) is 0 Å². The Bertz CT molecular complexity index is 492. The first-order valence-corrected chi connectivity index (χ1v) is 8.29. The number of carbonyl (C=O) groups is 1. The fraction of sp³-hybridized carbons (Fsp3) is 0.556. The third-order valence-electron chi connectivity index (χ3n) is 3.22. The molecule has 1 unspecified atom stereocenters. The summed E-state index contributed by atoms with van der Waals surface area (Å²) in [6, 6.07) is 10.3. The number of esters is 1. The van der Waals surface area contributed by atoms with E-state index in [0.717, 1.165) is 12.5 Å². The van der Waals surface area contributed by atoms with Crippen molar-refractivity contribution in [3.63, 3.8) is 0 Å². The number of guanidine groups is 1. The number of halogens is 1. The fourth-order valence-corrected chi connectivity index (χ4v) is 2.06. The maximum Gasteiger partial charge on any atom is 0.307 e. The topological polar surface area (TPSA) is 62.7 Å². The van der Waals surface area contributed by atoms with Gasteiger partial charge in [0.1, 0.15) is 0 Å². The van der Waals surface area contributed by atoms with Crippen LogP contribution >= 0.6 is 24.0 Å². The Morgan fingerprint density at radius 3 is 2.42 bits per heavy atom. The molecule has 0 saturated carbocycles. The molecule has 1 rings (SSSR count). The molecule has 0 aliphatic carbocycles. The Morgan fingerprint density at radius 1 is 1.17 bits per heavy atom. The lowest BCUT2D eigenvalue weighted by Crippen LogP contribution is -2.38. The van der Waals surface area contributed by atoms with E-state index in [4.69, 9.17) is 4.74 Å². The standard InChI is InChI=1S/C18H29N3O2.HI/c1-5-19-18(20-12-11-17(22)23-14(2)3)21-13-15(4)16-9-7-6-8-10-16;/h6-10,14-15H,5,11-13H2,1-4H3,(H2,19,20,21);1H. The van der Waals surface area contributed by atoms with Crippen LogP contribution in [0.1, 0.15) is 45.6 Å². The highest BCUT2D eigenvalue weighted by molar-refractivity contribution is 14.0. The molecular weight excluding hydrogens is 417 g/mol. The van der Waals surface area contributed by atoms with E-state index in [1.54, 1.807) is 0 Å². The van der Waals surface area contributed by atoms with E-state index in [9.17, 15) is 4.79 Å². The average Bonchev–Trinajstić information content (AvgIpc) is 2.52. The number of carbonyl (C=O) groups excluding carboxylic acids is 1. The molecule has 5 nitrogen and oxygen atoms in total. The van der Waals surface area contributed by atoms with E-state index in [2.05, 4.69) is 34.7 Å². The minimum Gasteiger partial charge on any atom is -0.463 e. The molecule has 0 radical (unpaired) electrons. The molecule has 0 bridgehead atoms. The summed E-state index contributed by atoms with van der Waals surface area (Å²) in [4.78, 5) is 16.1. The van der Waals surface area contributed by atoms with Gasteiger partial charge in [0.15, 0.2) is 5.96 Å². The third kappa shape index (κ3) is 9.75. The van der Waals surface area contributed by atoms with Crippen LogP contribution in [-0.4, -0.2) is 37.7 Å². The predicted molar refractivity (Wildman–Crippen MR) is 110 cm³/mol. The van der Waals surface area contributed by atoms with Gasteiger partial charge in [0.05, 0.1) is 12.5 Å². The molecular formula is C18H30IN3O2. The normalized spacial score (nSPS) is 12.3. The molecule has 0 heterocycles. The number of nitrogens with zero attached hydrogens (tertiary/aromatic N) is 1. The zero-order valence-electron chi connectivity index (χ0n) is 15.0. The Hall–Kier alpha value is -1.31. The highest BCUT2D eigenvalue weighted by Crippen LogP contribution is 2.14. The number of ether oxygens (including phenoxy) is 1. The number of hydrogen-bond donors (Lipinski definition) is 2. The smallest absolute Gasteiger partial charge is 0.307 e. The van der Waals surface area contributed by atoms with Crippen molar-refractivity contribution in [3.8, 4) is 0 Å². The number of hydrogen-bond acceptors (Lipinski definition) is 3. The van der Waals surface area contributed by atoms with Crippen molar-refractivity contribution in [2.45, 2.75) is 46.1 Å². The summed E-state index contributed by atoms with van der Waals surface area (Å²) in [7, 11) is 0. The second-order valence-electron chi connectivity index (χ2n) is 5.75. The molecule has 0 aliphatic heterocycles. The van der Waals surface area contributed by atoms with Gasteiger partial charge in [0.25, 0.3) is 0 Å². The van der Waals surface area contributed by atoms with Gasteiger partial charge in [-0.3, -0.25) is 9.79 Å². The van der Waals surface area contributed by atoms with Crippen molar-refractivity contribution in [1.82, 2.24) is 10.6 Å². The lowest BCUT2D eigenvalue weighted by Gasteiger charge is -2.14. The second-order valence-corrected chi connectivity index (χ2v) is 5.75. The molecule has 0 aromatic heterocycles. The molecule has 1 aromatic rings. The maximum absolute atomic E-state index is 11.5. The fourth-order valence-electron chi connectivity index (χ4n) is 2.06. The van der Waals surface area contributed by atoms with Crippen LogP contribution in [0.4, 0.5) is 0 Å². The van der Waals surface area contributed by atoms with Crippen molar-refractivity contribution in [1.29, 1.82) is 0 Å². The second kappa shape index (κ2) is 13.0. The SMILES string of the molecule is CCNC(=NCC(C)c1ccccc1)NCCC(=O)OC(C)C.I. The van der Waals surface area contributed by atoms with Gasteiger partial charge in [0.2, 0.25) is 0 Å². The van der Waals surface area contributed by atoms with E-state index in [1.165, 1.54) is 5.56 Å². The maximum atomic E-state index is 11.5. The quantitative estimate of drug-likeness (QED) is 0.278. The number of benzene rings is 1.